The zero-order valence-electron chi connectivity index (χ0n) is 10.8. The Labute approximate surface area is 107 Å². The highest BCUT2D eigenvalue weighted by atomic mass is 16.4. The van der Waals surface area contributed by atoms with Crippen molar-refractivity contribution in [3.63, 3.8) is 0 Å². The third-order valence-corrected chi connectivity index (χ3v) is 2.70. The van der Waals surface area contributed by atoms with Crippen LogP contribution < -0.4 is 5.32 Å². The van der Waals surface area contributed by atoms with E-state index in [0.29, 0.717) is 12.1 Å². The number of carbonyl (C=O) groups excluding carboxylic acids is 1. The van der Waals surface area contributed by atoms with Gasteiger partial charge >= 0.3 is 5.97 Å². The molecule has 100 valence electrons. The molecule has 0 aliphatic carbocycles. The summed E-state index contributed by atoms with van der Waals surface area (Å²) in [5.41, 5.74) is 0.624. The average molecular weight is 252 g/mol. The number of aromatic nitrogens is 1. The van der Waals surface area contributed by atoms with Crippen molar-refractivity contribution < 1.29 is 14.7 Å². The Kier molecular flexibility index (Phi) is 5.42. The summed E-state index contributed by atoms with van der Waals surface area (Å²) in [7, 11) is 0. The summed E-state index contributed by atoms with van der Waals surface area (Å²) in [5, 5.41) is 11.4. The van der Waals surface area contributed by atoms with Crippen LogP contribution in [0.5, 0.6) is 0 Å². The number of aryl methyl sites for hydroxylation is 1. The van der Waals surface area contributed by atoms with Gasteiger partial charge in [-0.15, -0.1) is 0 Å². The van der Waals surface area contributed by atoms with E-state index in [1.165, 1.54) is 0 Å². The monoisotopic (exact) mass is 252 g/mol. The van der Waals surface area contributed by atoms with Gasteiger partial charge in [0.1, 0.15) is 5.69 Å². The van der Waals surface area contributed by atoms with Crippen LogP contribution in [0.15, 0.2) is 18.3 Å². The number of hydrogen-bond donors (Lipinski definition) is 2. The van der Waals surface area contributed by atoms with Crippen LogP contribution in [0, 0.1) is 0 Å². The highest BCUT2D eigenvalue weighted by Crippen LogP contribution is 2.05. The number of nitrogens with zero attached hydrogens (tertiary/aromatic N) is 1. The summed E-state index contributed by atoms with van der Waals surface area (Å²) >= 11 is 0. The van der Waals surface area contributed by atoms with Crippen molar-refractivity contribution >= 4 is 11.9 Å². The molecule has 0 aliphatic rings. The fourth-order valence-electron chi connectivity index (χ4n) is 1.77. The molecule has 0 aromatic carbocycles. The summed E-state index contributed by atoms with van der Waals surface area (Å²) in [6, 6.07) is 3.47. The van der Waals surface area contributed by atoms with Gasteiger partial charge in [-0.3, -0.25) is 9.59 Å². The van der Waals surface area contributed by atoms with E-state index in [-0.39, 0.29) is 18.4 Å². The number of aliphatic carboxylic acids is 1. The molecule has 5 nitrogen and oxygen atoms in total. The minimum Gasteiger partial charge on any atom is -0.481 e. The van der Waals surface area contributed by atoms with E-state index in [4.69, 9.17) is 5.11 Å². The second kappa shape index (κ2) is 6.83. The molecule has 0 saturated heterocycles. The first-order valence-electron chi connectivity index (χ1n) is 6.22. The first-order chi connectivity index (χ1) is 8.54. The largest absolute Gasteiger partial charge is 0.481 e. The van der Waals surface area contributed by atoms with Gasteiger partial charge in [0.25, 0.3) is 5.91 Å². The van der Waals surface area contributed by atoms with Crippen molar-refractivity contribution in [2.24, 2.45) is 0 Å². The molecule has 5 heteroatoms. The maximum absolute atomic E-state index is 12.0. The Bertz CT molecular complexity index is 412. The number of carboxylic acids is 1. The Balaban J connectivity index is 2.53. The van der Waals surface area contributed by atoms with E-state index in [0.717, 1.165) is 13.0 Å². The predicted molar refractivity (Wildman–Crippen MR) is 68.5 cm³/mol. The lowest BCUT2D eigenvalue weighted by atomic mass is 10.2. The van der Waals surface area contributed by atoms with Gasteiger partial charge in [-0.2, -0.15) is 0 Å². The summed E-state index contributed by atoms with van der Waals surface area (Å²) in [6.07, 6.45) is 3.34. The maximum Gasteiger partial charge on any atom is 0.303 e. The lowest BCUT2D eigenvalue weighted by Crippen LogP contribution is -2.34. The van der Waals surface area contributed by atoms with Crippen LogP contribution in [-0.4, -0.2) is 27.6 Å². The third-order valence-electron chi connectivity index (χ3n) is 2.70. The zero-order valence-corrected chi connectivity index (χ0v) is 10.8. The van der Waals surface area contributed by atoms with Crippen molar-refractivity contribution in [2.75, 3.05) is 0 Å². The van der Waals surface area contributed by atoms with Gasteiger partial charge < -0.3 is 15.0 Å². The lowest BCUT2D eigenvalue weighted by molar-refractivity contribution is -0.137. The molecular formula is C13H20N2O3. The van der Waals surface area contributed by atoms with Crippen LogP contribution in [0.3, 0.4) is 0 Å². The van der Waals surface area contributed by atoms with Gasteiger partial charge in [0, 0.05) is 25.2 Å². The van der Waals surface area contributed by atoms with Gasteiger partial charge in [0.2, 0.25) is 0 Å². The molecule has 0 saturated carbocycles. The molecule has 1 aromatic rings. The molecule has 2 N–H and O–H groups in total. The predicted octanol–water partition coefficient (Wildman–Crippen LogP) is 1.88. The van der Waals surface area contributed by atoms with Crippen molar-refractivity contribution in [3.8, 4) is 0 Å². The van der Waals surface area contributed by atoms with E-state index >= 15 is 0 Å². The molecule has 1 unspecified atom stereocenters. The quantitative estimate of drug-likeness (QED) is 0.778. The van der Waals surface area contributed by atoms with Gasteiger partial charge in [-0.1, -0.05) is 6.92 Å². The molecule has 18 heavy (non-hydrogen) atoms. The first-order valence-corrected chi connectivity index (χ1v) is 6.22. The average Bonchev–Trinajstić information content (AvgIpc) is 2.75. The maximum atomic E-state index is 12.0. The van der Waals surface area contributed by atoms with E-state index < -0.39 is 5.97 Å². The summed E-state index contributed by atoms with van der Waals surface area (Å²) in [4.78, 5) is 22.4. The SMILES string of the molecule is CCCn1cccc1C(=O)NC(C)CCC(=O)O. The van der Waals surface area contributed by atoms with Crippen molar-refractivity contribution in [3.05, 3.63) is 24.0 Å². The van der Waals surface area contributed by atoms with E-state index in [1.54, 1.807) is 6.07 Å². The molecule has 1 rings (SSSR count). The molecule has 1 heterocycles. The van der Waals surface area contributed by atoms with Gasteiger partial charge in [-0.05, 0) is 31.9 Å². The summed E-state index contributed by atoms with van der Waals surface area (Å²) in [6.45, 7) is 4.67. The van der Waals surface area contributed by atoms with Crippen LogP contribution in [0.1, 0.15) is 43.6 Å². The molecular weight excluding hydrogens is 232 g/mol. The topological polar surface area (TPSA) is 71.3 Å². The van der Waals surface area contributed by atoms with E-state index in [9.17, 15) is 9.59 Å². The molecule has 0 aliphatic heterocycles. The number of hydrogen-bond acceptors (Lipinski definition) is 2. The van der Waals surface area contributed by atoms with Crippen molar-refractivity contribution in [1.29, 1.82) is 0 Å². The minimum absolute atomic E-state index is 0.0669. The Hall–Kier alpha value is -1.78. The lowest BCUT2D eigenvalue weighted by Gasteiger charge is -2.14. The molecule has 1 amide bonds. The number of nitrogens with one attached hydrogen (secondary N) is 1. The van der Waals surface area contributed by atoms with E-state index in [2.05, 4.69) is 12.2 Å². The highest BCUT2D eigenvalue weighted by molar-refractivity contribution is 5.92. The first kappa shape index (κ1) is 14.3. The molecule has 1 aromatic heterocycles. The van der Waals surface area contributed by atoms with Gasteiger partial charge in [0.05, 0.1) is 0 Å². The second-order valence-corrected chi connectivity index (χ2v) is 4.39. The number of carbonyl (C=O) groups is 2. The zero-order chi connectivity index (χ0) is 13.5. The van der Waals surface area contributed by atoms with Crippen LogP contribution in [0.25, 0.3) is 0 Å². The Morgan fingerprint density at radius 2 is 2.22 bits per heavy atom. The minimum atomic E-state index is -0.842. The van der Waals surface area contributed by atoms with Crippen molar-refractivity contribution in [2.45, 2.75) is 45.7 Å². The molecule has 1 atom stereocenters. The highest BCUT2D eigenvalue weighted by Gasteiger charge is 2.13. The number of rotatable bonds is 7. The molecule has 0 radical (unpaired) electrons. The normalized spacial score (nSPS) is 12.1. The van der Waals surface area contributed by atoms with Crippen LogP contribution >= 0.6 is 0 Å². The Morgan fingerprint density at radius 1 is 1.50 bits per heavy atom. The summed E-state index contributed by atoms with van der Waals surface area (Å²) < 4.78 is 1.90. The van der Waals surface area contributed by atoms with Gasteiger partial charge in [-0.25, -0.2) is 0 Å². The molecule has 0 spiro atoms. The number of amides is 1. The third kappa shape index (κ3) is 4.24. The fraction of sp³-hybridized carbons (Fsp3) is 0.538. The van der Waals surface area contributed by atoms with Crippen molar-refractivity contribution in [1.82, 2.24) is 9.88 Å². The second-order valence-electron chi connectivity index (χ2n) is 4.39. The standard InChI is InChI=1S/C13H20N2O3/c1-3-8-15-9-4-5-11(15)13(18)14-10(2)6-7-12(16)17/h4-5,9-10H,3,6-8H2,1-2H3,(H,14,18)(H,16,17). The fourth-order valence-corrected chi connectivity index (χ4v) is 1.77. The van der Waals surface area contributed by atoms with Crippen LogP contribution in [0.4, 0.5) is 0 Å². The Morgan fingerprint density at radius 3 is 2.83 bits per heavy atom. The van der Waals surface area contributed by atoms with Crippen LogP contribution in [-0.2, 0) is 11.3 Å². The van der Waals surface area contributed by atoms with Gasteiger partial charge in [0.15, 0.2) is 0 Å². The number of carboxylic acid groups (broad SMARTS) is 1. The van der Waals surface area contributed by atoms with E-state index in [1.807, 2.05) is 23.8 Å². The smallest absolute Gasteiger partial charge is 0.303 e. The molecule has 0 bridgehead atoms. The van der Waals surface area contributed by atoms with Crippen LogP contribution in [0.2, 0.25) is 0 Å². The summed E-state index contributed by atoms with van der Waals surface area (Å²) in [5.74, 6) is -0.989. The molecule has 0 fully saturated rings.